The molecule has 1 N–H and O–H groups in total. The molecule has 4 heterocycles. The van der Waals surface area contributed by atoms with E-state index in [0.29, 0.717) is 11.7 Å². The Balaban J connectivity index is 1.49. The third-order valence-corrected chi connectivity index (χ3v) is 4.75. The summed E-state index contributed by atoms with van der Waals surface area (Å²) in [6.45, 7) is 1.89. The second kappa shape index (κ2) is 7.56. The van der Waals surface area contributed by atoms with Crippen molar-refractivity contribution in [3.05, 3.63) is 66.1 Å². The van der Waals surface area contributed by atoms with Crippen molar-refractivity contribution in [2.24, 2.45) is 7.05 Å². The first kappa shape index (κ1) is 17.2. The average Bonchev–Trinajstić information content (AvgIpc) is 3.32. The summed E-state index contributed by atoms with van der Waals surface area (Å²) in [5, 5.41) is 12.1. The summed E-state index contributed by atoms with van der Waals surface area (Å²) in [5.74, 6) is 0.781. The number of hydrogen-bond acceptors (Lipinski definition) is 6. The van der Waals surface area contributed by atoms with Gasteiger partial charge in [-0.15, -0.1) is 0 Å². The molecule has 3 aromatic heterocycles. The number of rotatable bonds is 5. The van der Waals surface area contributed by atoms with Crippen LogP contribution in [0.5, 0.6) is 0 Å². The quantitative estimate of drug-likeness (QED) is 0.753. The van der Waals surface area contributed by atoms with Crippen molar-refractivity contribution in [1.29, 1.82) is 5.26 Å². The van der Waals surface area contributed by atoms with Crippen LogP contribution in [0.1, 0.15) is 36.0 Å². The van der Waals surface area contributed by atoms with E-state index < -0.39 is 0 Å². The number of hydrogen-bond donors (Lipinski definition) is 1. The van der Waals surface area contributed by atoms with Gasteiger partial charge in [-0.2, -0.15) is 5.26 Å². The van der Waals surface area contributed by atoms with E-state index in [1.807, 2.05) is 42.2 Å². The van der Waals surface area contributed by atoms with Gasteiger partial charge in [-0.25, -0.2) is 15.0 Å². The van der Waals surface area contributed by atoms with Gasteiger partial charge in [0.25, 0.3) is 0 Å². The van der Waals surface area contributed by atoms with E-state index >= 15 is 0 Å². The highest BCUT2D eigenvalue weighted by Gasteiger charge is 2.27. The summed E-state index contributed by atoms with van der Waals surface area (Å²) in [5.41, 5.74) is 3.37. The molecule has 0 unspecified atom stereocenters. The highest BCUT2D eigenvalue weighted by Crippen LogP contribution is 2.32. The normalized spacial score (nSPS) is 17.0. The van der Waals surface area contributed by atoms with Crippen molar-refractivity contribution in [3.63, 3.8) is 0 Å². The summed E-state index contributed by atoms with van der Waals surface area (Å²) in [7, 11) is 1.99. The lowest BCUT2D eigenvalue weighted by Gasteiger charge is -2.23. The van der Waals surface area contributed by atoms with E-state index in [9.17, 15) is 0 Å². The molecule has 0 radical (unpaired) electrons. The van der Waals surface area contributed by atoms with Crippen LogP contribution < -0.4 is 5.32 Å². The van der Waals surface area contributed by atoms with Crippen LogP contribution in [0, 0.1) is 11.3 Å². The maximum absolute atomic E-state index is 8.85. The van der Waals surface area contributed by atoms with Crippen LogP contribution in [0.3, 0.4) is 0 Å². The Morgan fingerprint density at radius 2 is 2.19 bits per heavy atom. The minimum absolute atomic E-state index is 0.299. The number of aromatic nitrogens is 4. The molecule has 0 amide bonds. The predicted molar refractivity (Wildman–Crippen MR) is 102 cm³/mol. The third-order valence-electron chi connectivity index (χ3n) is 4.75. The van der Waals surface area contributed by atoms with Gasteiger partial charge in [-0.1, -0.05) is 6.07 Å². The minimum Gasteiger partial charge on any atom is -0.340 e. The number of likely N-dealkylation sites (tertiary alicyclic amines) is 1. The Morgan fingerprint density at radius 1 is 1.26 bits per heavy atom. The maximum atomic E-state index is 8.85. The van der Waals surface area contributed by atoms with E-state index in [0.717, 1.165) is 48.8 Å². The Kier molecular flexibility index (Phi) is 4.81. The van der Waals surface area contributed by atoms with Gasteiger partial charge in [-0.05, 0) is 43.7 Å². The van der Waals surface area contributed by atoms with Crippen LogP contribution in [-0.4, -0.2) is 31.0 Å². The zero-order valence-corrected chi connectivity index (χ0v) is 15.2. The molecule has 0 bridgehead atoms. The smallest absolute Gasteiger partial charge is 0.140 e. The first-order chi connectivity index (χ1) is 13.2. The summed E-state index contributed by atoms with van der Waals surface area (Å²) in [4.78, 5) is 15.8. The summed E-state index contributed by atoms with van der Waals surface area (Å²) < 4.78 is 1.98. The standard InChI is InChI=1S/C20H21N7/c1-26-12-17(23-14-26)13-27-9-3-5-19(27)18-4-2-6-20(25-18)24-16-8-7-15(10-21)22-11-16/h2,4,6-8,11-12,14,19H,3,5,9,13H2,1H3,(H,24,25)/t19-/m0/s1. The van der Waals surface area contributed by atoms with Gasteiger partial charge in [0.15, 0.2) is 0 Å². The van der Waals surface area contributed by atoms with Crippen LogP contribution in [0.2, 0.25) is 0 Å². The molecule has 3 aromatic rings. The van der Waals surface area contributed by atoms with Crippen LogP contribution in [0.4, 0.5) is 11.5 Å². The van der Waals surface area contributed by atoms with E-state index in [1.54, 1.807) is 12.3 Å². The minimum atomic E-state index is 0.299. The first-order valence-electron chi connectivity index (χ1n) is 9.02. The predicted octanol–water partition coefficient (Wildman–Crippen LogP) is 3.16. The molecule has 7 heteroatoms. The van der Waals surface area contributed by atoms with Crippen molar-refractivity contribution >= 4 is 11.5 Å². The maximum Gasteiger partial charge on any atom is 0.140 e. The average molecular weight is 359 g/mol. The summed E-state index contributed by atoms with van der Waals surface area (Å²) in [6, 6.07) is 11.9. The molecule has 7 nitrogen and oxygen atoms in total. The van der Waals surface area contributed by atoms with E-state index in [2.05, 4.69) is 32.4 Å². The van der Waals surface area contributed by atoms with Gasteiger partial charge in [0.1, 0.15) is 17.6 Å². The molecular formula is C20H21N7. The van der Waals surface area contributed by atoms with Crippen molar-refractivity contribution in [3.8, 4) is 6.07 Å². The second-order valence-electron chi connectivity index (χ2n) is 6.78. The monoisotopic (exact) mass is 359 g/mol. The molecular weight excluding hydrogens is 338 g/mol. The molecule has 136 valence electrons. The van der Waals surface area contributed by atoms with Crippen LogP contribution in [0.15, 0.2) is 49.1 Å². The van der Waals surface area contributed by atoms with Gasteiger partial charge in [-0.3, -0.25) is 4.90 Å². The highest BCUT2D eigenvalue weighted by atomic mass is 15.2. The lowest BCUT2D eigenvalue weighted by molar-refractivity contribution is 0.242. The molecule has 0 aromatic carbocycles. The molecule has 0 saturated carbocycles. The number of aryl methyl sites for hydroxylation is 1. The molecule has 0 spiro atoms. The van der Waals surface area contributed by atoms with Gasteiger partial charge < -0.3 is 9.88 Å². The molecule has 1 aliphatic rings. The fourth-order valence-corrected chi connectivity index (χ4v) is 3.50. The zero-order chi connectivity index (χ0) is 18.6. The van der Waals surface area contributed by atoms with Crippen LogP contribution >= 0.6 is 0 Å². The van der Waals surface area contributed by atoms with Crippen LogP contribution in [-0.2, 0) is 13.6 Å². The Hall–Kier alpha value is -3.24. The van der Waals surface area contributed by atoms with Gasteiger partial charge in [0.2, 0.25) is 0 Å². The number of anilines is 2. The molecule has 4 rings (SSSR count). The summed E-state index contributed by atoms with van der Waals surface area (Å²) in [6.07, 6.45) is 7.82. The van der Waals surface area contributed by atoms with E-state index in [1.165, 1.54) is 0 Å². The number of nitrogens with zero attached hydrogens (tertiary/aromatic N) is 6. The van der Waals surface area contributed by atoms with Gasteiger partial charge >= 0.3 is 0 Å². The number of imidazole rings is 1. The third kappa shape index (κ3) is 3.96. The van der Waals surface area contributed by atoms with Gasteiger partial charge in [0.05, 0.1) is 35.6 Å². The Bertz CT molecular complexity index is 955. The fraction of sp³-hybridized carbons (Fsp3) is 0.300. The van der Waals surface area contributed by atoms with E-state index in [4.69, 9.17) is 10.2 Å². The molecule has 1 atom stereocenters. The fourth-order valence-electron chi connectivity index (χ4n) is 3.50. The highest BCUT2D eigenvalue weighted by molar-refractivity contribution is 5.55. The van der Waals surface area contributed by atoms with Crippen molar-refractivity contribution in [2.45, 2.75) is 25.4 Å². The van der Waals surface area contributed by atoms with Crippen molar-refractivity contribution in [1.82, 2.24) is 24.4 Å². The number of pyridine rings is 2. The first-order valence-corrected chi connectivity index (χ1v) is 9.02. The van der Waals surface area contributed by atoms with Crippen molar-refractivity contribution < 1.29 is 0 Å². The van der Waals surface area contributed by atoms with E-state index in [-0.39, 0.29) is 0 Å². The SMILES string of the molecule is Cn1cnc(CN2CCC[C@H]2c2cccc(Nc3ccc(C#N)nc3)n2)c1. The molecule has 1 aliphatic heterocycles. The molecule has 1 saturated heterocycles. The second-order valence-corrected chi connectivity index (χ2v) is 6.78. The van der Waals surface area contributed by atoms with Gasteiger partial charge in [0, 0.05) is 19.8 Å². The lowest BCUT2D eigenvalue weighted by atomic mass is 10.1. The van der Waals surface area contributed by atoms with Crippen molar-refractivity contribution in [2.75, 3.05) is 11.9 Å². The lowest BCUT2D eigenvalue weighted by Crippen LogP contribution is -2.23. The number of nitrogens with one attached hydrogen (secondary N) is 1. The Labute approximate surface area is 158 Å². The molecule has 27 heavy (non-hydrogen) atoms. The topological polar surface area (TPSA) is 82.7 Å². The molecule has 0 aliphatic carbocycles. The number of nitriles is 1. The van der Waals surface area contributed by atoms with Crippen LogP contribution in [0.25, 0.3) is 0 Å². The Morgan fingerprint density at radius 3 is 2.93 bits per heavy atom. The summed E-state index contributed by atoms with van der Waals surface area (Å²) >= 11 is 0. The largest absolute Gasteiger partial charge is 0.340 e. The molecule has 1 fully saturated rings. The zero-order valence-electron chi connectivity index (χ0n) is 15.2.